The highest BCUT2D eigenvalue weighted by Gasteiger charge is 2.16. The van der Waals surface area contributed by atoms with Gasteiger partial charge in [-0.1, -0.05) is 0 Å². The van der Waals surface area contributed by atoms with E-state index >= 15 is 0 Å². The Morgan fingerprint density at radius 2 is 2.24 bits per heavy atom. The van der Waals surface area contributed by atoms with E-state index < -0.39 is 17.6 Å². The average molecular weight is 250 g/mol. The van der Waals surface area contributed by atoms with Crippen molar-refractivity contribution in [3.63, 3.8) is 0 Å². The summed E-state index contributed by atoms with van der Waals surface area (Å²) in [4.78, 5) is 22.4. The molecule has 0 saturated heterocycles. The first-order chi connectivity index (χ1) is 8.09. The van der Waals surface area contributed by atoms with Gasteiger partial charge < -0.3 is 5.11 Å². The number of hydrogen-bond donors (Lipinski definition) is 1. The zero-order valence-corrected chi connectivity index (χ0v) is 9.85. The van der Waals surface area contributed by atoms with Crippen molar-refractivity contribution in [2.24, 2.45) is 0 Å². The molecule has 0 amide bonds. The van der Waals surface area contributed by atoms with Crippen LogP contribution in [0.1, 0.15) is 13.0 Å². The Bertz CT molecular complexity index is 589. The number of carboxylic acid groups (broad SMARTS) is 1. The third-order valence-corrected chi connectivity index (χ3v) is 3.05. The number of thiophene rings is 1. The van der Waals surface area contributed by atoms with E-state index in [1.165, 1.54) is 24.3 Å². The molecule has 0 saturated carbocycles. The summed E-state index contributed by atoms with van der Waals surface area (Å²) < 4.78 is 0.981. The van der Waals surface area contributed by atoms with Crippen LogP contribution in [-0.2, 0) is 4.79 Å². The van der Waals surface area contributed by atoms with Crippen molar-refractivity contribution in [1.82, 2.24) is 9.78 Å². The number of aliphatic carboxylic acids is 1. The van der Waals surface area contributed by atoms with Crippen LogP contribution in [0, 0.1) is 0 Å². The molecular weight excluding hydrogens is 240 g/mol. The van der Waals surface area contributed by atoms with Crippen LogP contribution in [-0.4, -0.2) is 20.9 Å². The lowest BCUT2D eigenvalue weighted by Crippen LogP contribution is -2.29. The Morgan fingerprint density at radius 3 is 2.82 bits per heavy atom. The third-order valence-electron chi connectivity index (χ3n) is 2.37. The highest BCUT2D eigenvalue weighted by atomic mass is 32.1. The van der Waals surface area contributed by atoms with Crippen molar-refractivity contribution in [1.29, 1.82) is 0 Å². The van der Waals surface area contributed by atoms with E-state index in [1.54, 1.807) is 6.07 Å². The molecule has 2 aromatic heterocycles. The summed E-state index contributed by atoms with van der Waals surface area (Å²) >= 11 is 1.52. The van der Waals surface area contributed by atoms with Gasteiger partial charge in [-0.05, 0) is 24.4 Å². The van der Waals surface area contributed by atoms with Crippen molar-refractivity contribution in [3.8, 4) is 11.3 Å². The average Bonchev–Trinajstić information content (AvgIpc) is 2.82. The summed E-state index contributed by atoms with van der Waals surface area (Å²) in [6.45, 7) is 1.42. The van der Waals surface area contributed by atoms with Crippen LogP contribution in [0.5, 0.6) is 0 Å². The van der Waals surface area contributed by atoms with E-state index in [1.807, 2.05) is 16.8 Å². The molecule has 2 rings (SSSR count). The Morgan fingerprint density at radius 1 is 1.47 bits per heavy atom. The first-order valence-corrected chi connectivity index (χ1v) is 5.89. The minimum absolute atomic E-state index is 0.418. The second kappa shape index (κ2) is 4.50. The fraction of sp³-hybridized carbons (Fsp3) is 0.182. The molecule has 5 nitrogen and oxygen atoms in total. The number of nitrogens with zero attached hydrogens (tertiary/aromatic N) is 2. The summed E-state index contributed by atoms with van der Waals surface area (Å²) in [5.41, 5.74) is 1.05. The van der Waals surface area contributed by atoms with Crippen LogP contribution in [0.15, 0.2) is 33.8 Å². The highest BCUT2D eigenvalue weighted by Crippen LogP contribution is 2.18. The Kier molecular flexibility index (Phi) is 3.06. The first-order valence-electron chi connectivity index (χ1n) is 4.95. The van der Waals surface area contributed by atoms with Gasteiger partial charge in [-0.3, -0.25) is 4.79 Å². The predicted molar refractivity (Wildman–Crippen MR) is 64.2 cm³/mol. The lowest BCUT2D eigenvalue weighted by molar-refractivity contribution is -0.140. The summed E-state index contributed by atoms with van der Waals surface area (Å²) in [5.74, 6) is -1.08. The molecule has 0 spiro atoms. The van der Waals surface area contributed by atoms with Crippen molar-refractivity contribution in [2.75, 3.05) is 0 Å². The minimum atomic E-state index is -1.08. The van der Waals surface area contributed by atoms with Crippen molar-refractivity contribution >= 4 is 17.3 Å². The quantitative estimate of drug-likeness (QED) is 0.898. The Labute approximate surface area is 101 Å². The molecule has 0 aromatic carbocycles. The van der Waals surface area contributed by atoms with Crippen molar-refractivity contribution in [2.45, 2.75) is 13.0 Å². The van der Waals surface area contributed by atoms with Crippen LogP contribution < -0.4 is 5.56 Å². The van der Waals surface area contributed by atoms with E-state index in [9.17, 15) is 9.59 Å². The second-order valence-corrected chi connectivity index (χ2v) is 4.31. The molecule has 88 valence electrons. The van der Waals surface area contributed by atoms with Gasteiger partial charge in [0, 0.05) is 17.0 Å². The number of aromatic nitrogens is 2. The largest absolute Gasteiger partial charge is 0.480 e. The standard InChI is InChI=1S/C11H10N2O3S/c1-7(11(15)16)13-10(14)3-2-9(12-13)8-4-5-17-6-8/h2-7H,1H3,(H,15,16)/t7-/m1/s1. The van der Waals surface area contributed by atoms with Crippen molar-refractivity contribution < 1.29 is 9.90 Å². The van der Waals surface area contributed by atoms with Crippen molar-refractivity contribution in [3.05, 3.63) is 39.3 Å². The van der Waals surface area contributed by atoms with Gasteiger partial charge in [-0.25, -0.2) is 9.48 Å². The molecule has 0 aliphatic rings. The maximum atomic E-state index is 11.5. The number of rotatable bonds is 3. The molecule has 0 fully saturated rings. The van der Waals surface area contributed by atoms with Crippen LogP contribution in [0.3, 0.4) is 0 Å². The van der Waals surface area contributed by atoms with Gasteiger partial charge >= 0.3 is 5.97 Å². The zero-order chi connectivity index (χ0) is 12.4. The lowest BCUT2D eigenvalue weighted by Gasteiger charge is -2.09. The van der Waals surface area contributed by atoms with E-state index in [-0.39, 0.29) is 0 Å². The van der Waals surface area contributed by atoms with Crippen LogP contribution in [0.4, 0.5) is 0 Å². The van der Waals surface area contributed by atoms with Gasteiger partial charge in [0.25, 0.3) is 5.56 Å². The third kappa shape index (κ3) is 2.26. The number of carbonyl (C=O) groups is 1. The molecule has 0 unspecified atom stereocenters. The van der Waals surface area contributed by atoms with E-state index in [4.69, 9.17) is 5.11 Å². The topological polar surface area (TPSA) is 72.2 Å². The molecule has 17 heavy (non-hydrogen) atoms. The maximum Gasteiger partial charge on any atom is 0.328 e. The van der Waals surface area contributed by atoms with E-state index in [2.05, 4.69) is 5.10 Å². The molecule has 0 radical (unpaired) electrons. The fourth-order valence-corrected chi connectivity index (χ4v) is 2.02. The van der Waals surface area contributed by atoms with Gasteiger partial charge in [0.2, 0.25) is 0 Å². The van der Waals surface area contributed by atoms with Crippen LogP contribution in [0.25, 0.3) is 11.3 Å². The molecular formula is C11H10N2O3S. The maximum absolute atomic E-state index is 11.5. The SMILES string of the molecule is C[C@H](C(=O)O)n1nc(-c2ccsc2)ccc1=O. The first kappa shape index (κ1) is 11.5. The van der Waals surface area contributed by atoms with Gasteiger partial charge in [-0.2, -0.15) is 16.4 Å². The van der Waals surface area contributed by atoms with Crippen LogP contribution >= 0.6 is 11.3 Å². The van der Waals surface area contributed by atoms with Crippen LogP contribution in [0.2, 0.25) is 0 Å². The molecule has 1 N–H and O–H groups in total. The highest BCUT2D eigenvalue weighted by molar-refractivity contribution is 7.08. The van der Waals surface area contributed by atoms with E-state index in [0.717, 1.165) is 10.2 Å². The number of carboxylic acids is 1. The van der Waals surface area contributed by atoms with Gasteiger partial charge in [-0.15, -0.1) is 0 Å². The van der Waals surface area contributed by atoms with E-state index in [0.29, 0.717) is 5.69 Å². The summed E-state index contributed by atoms with van der Waals surface area (Å²) in [5, 5.41) is 16.7. The second-order valence-electron chi connectivity index (χ2n) is 3.53. The summed E-state index contributed by atoms with van der Waals surface area (Å²) in [7, 11) is 0. The molecule has 2 heterocycles. The molecule has 0 aliphatic heterocycles. The molecule has 0 bridgehead atoms. The monoisotopic (exact) mass is 250 g/mol. The molecule has 0 aliphatic carbocycles. The Balaban J connectivity index is 2.50. The van der Waals surface area contributed by atoms with Gasteiger partial charge in [0.15, 0.2) is 6.04 Å². The predicted octanol–water partition coefficient (Wildman–Crippen LogP) is 1.62. The molecule has 2 aromatic rings. The minimum Gasteiger partial charge on any atom is -0.480 e. The van der Waals surface area contributed by atoms with Gasteiger partial charge in [0.05, 0.1) is 5.69 Å². The normalized spacial score (nSPS) is 12.3. The fourth-order valence-electron chi connectivity index (χ4n) is 1.37. The smallest absolute Gasteiger partial charge is 0.328 e. The Hall–Kier alpha value is -1.95. The lowest BCUT2D eigenvalue weighted by atomic mass is 10.2. The summed E-state index contributed by atoms with van der Waals surface area (Å²) in [6.07, 6.45) is 0. The van der Waals surface area contributed by atoms with Gasteiger partial charge in [0.1, 0.15) is 0 Å². The molecule has 6 heteroatoms. The number of hydrogen-bond acceptors (Lipinski definition) is 4. The summed E-state index contributed by atoms with van der Waals surface area (Å²) in [6, 6.07) is 3.82. The molecule has 1 atom stereocenters. The zero-order valence-electron chi connectivity index (χ0n) is 9.03.